The van der Waals surface area contributed by atoms with Crippen LogP contribution in [0.5, 0.6) is 5.75 Å². The van der Waals surface area contributed by atoms with Crippen LogP contribution >= 0.6 is 11.3 Å². The van der Waals surface area contributed by atoms with Crippen molar-refractivity contribution in [3.63, 3.8) is 0 Å². The van der Waals surface area contributed by atoms with Crippen LogP contribution in [0.2, 0.25) is 0 Å². The molecule has 5 nitrogen and oxygen atoms in total. The molecule has 0 bridgehead atoms. The molecule has 98 valence electrons. The molecule has 2 aromatic rings. The van der Waals surface area contributed by atoms with Crippen molar-refractivity contribution in [1.82, 2.24) is 14.9 Å². The zero-order valence-corrected chi connectivity index (χ0v) is 11.3. The number of rotatable bonds is 3. The first-order chi connectivity index (χ1) is 9.24. The third-order valence-corrected chi connectivity index (χ3v) is 3.93. The molecule has 0 spiro atoms. The van der Waals surface area contributed by atoms with Crippen molar-refractivity contribution >= 4 is 17.2 Å². The minimum Gasteiger partial charge on any atom is -0.485 e. The van der Waals surface area contributed by atoms with Crippen LogP contribution in [-0.2, 0) is 0 Å². The Morgan fingerprint density at radius 2 is 2.37 bits per heavy atom. The predicted molar refractivity (Wildman–Crippen MR) is 71.4 cm³/mol. The first-order valence-electron chi connectivity index (χ1n) is 6.00. The number of hydrogen-bond donors (Lipinski definition) is 0. The predicted octanol–water partition coefficient (Wildman–Crippen LogP) is 1.75. The SMILES string of the molecule is Cc1ncsc1C(=O)N1CC(Oc2cccnc2)C1. The van der Waals surface area contributed by atoms with Crippen molar-refractivity contribution in [2.24, 2.45) is 0 Å². The number of amides is 1. The van der Waals surface area contributed by atoms with E-state index >= 15 is 0 Å². The molecule has 0 unspecified atom stereocenters. The molecule has 1 fully saturated rings. The van der Waals surface area contributed by atoms with Crippen LogP contribution < -0.4 is 4.74 Å². The lowest BCUT2D eigenvalue weighted by Gasteiger charge is -2.38. The Bertz CT molecular complexity index is 579. The summed E-state index contributed by atoms with van der Waals surface area (Å²) in [7, 11) is 0. The summed E-state index contributed by atoms with van der Waals surface area (Å²) in [5.41, 5.74) is 2.50. The number of carbonyl (C=O) groups excluding carboxylic acids is 1. The highest BCUT2D eigenvalue weighted by Gasteiger charge is 2.34. The molecule has 6 heteroatoms. The van der Waals surface area contributed by atoms with Gasteiger partial charge in [-0.1, -0.05) is 0 Å². The molecule has 0 saturated carbocycles. The maximum Gasteiger partial charge on any atom is 0.266 e. The molecule has 0 atom stereocenters. The average molecular weight is 275 g/mol. The zero-order chi connectivity index (χ0) is 13.2. The van der Waals surface area contributed by atoms with Crippen molar-refractivity contribution in [2.75, 3.05) is 13.1 Å². The van der Waals surface area contributed by atoms with Crippen molar-refractivity contribution in [3.8, 4) is 5.75 Å². The van der Waals surface area contributed by atoms with E-state index in [0.29, 0.717) is 13.1 Å². The number of hydrogen-bond acceptors (Lipinski definition) is 5. The van der Waals surface area contributed by atoms with Crippen LogP contribution in [0, 0.1) is 6.92 Å². The number of pyridine rings is 1. The zero-order valence-electron chi connectivity index (χ0n) is 10.4. The van der Waals surface area contributed by atoms with Crippen molar-refractivity contribution in [1.29, 1.82) is 0 Å². The fourth-order valence-corrected chi connectivity index (χ4v) is 2.71. The van der Waals surface area contributed by atoms with E-state index in [9.17, 15) is 4.79 Å². The van der Waals surface area contributed by atoms with E-state index in [2.05, 4.69) is 9.97 Å². The first-order valence-corrected chi connectivity index (χ1v) is 6.88. The Morgan fingerprint density at radius 3 is 3.00 bits per heavy atom. The standard InChI is InChI=1S/C13H13N3O2S/c1-9-12(19-8-15-9)13(17)16-6-11(7-16)18-10-3-2-4-14-5-10/h2-5,8,11H,6-7H2,1H3. The Balaban J connectivity index is 1.56. The summed E-state index contributed by atoms with van der Waals surface area (Å²) in [5, 5.41) is 0. The molecule has 0 radical (unpaired) electrons. The van der Waals surface area contributed by atoms with Gasteiger partial charge in [-0.15, -0.1) is 11.3 Å². The van der Waals surface area contributed by atoms with Gasteiger partial charge >= 0.3 is 0 Å². The van der Waals surface area contributed by atoms with Gasteiger partial charge in [0.1, 0.15) is 16.7 Å². The number of ether oxygens (including phenoxy) is 1. The van der Waals surface area contributed by atoms with Crippen LogP contribution in [0.4, 0.5) is 0 Å². The summed E-state index contributed by atoms with van der Waals surface area (Å²) in [6.07, 6.45) is 3.44. The quantitative estimate of drug-likeness (QED) is 0.856. The molecule has 3 heterocycles. The fourth-order valence-electron chi connectivity index (χ4n) is 1.94. The molecule has 1 aliphatic rings. The number of aromatic nitrogens is 2. The van der Waals surface area contributed by atoms with E-state index in [-0.39, 0.29) is 12.0 Å². The van der Waals surface area contributed by atoms with E-state index in [0.717, 1.165) is 16.3 Å². The second-order valence-corrected chi connectivity index (χ2v) is 5.26. The van der Waals surface area contributed by atoms with Crippen LogP contribution in [0.25, 0.3) is 0 Å². The topological polar surface area (TPSA) is 55.3 Å². The lowest BCUT2D eigenvalue weighted by atomic mass is 10.1. The molecule has 0 N–H and O–H groups in total. The molecule has 1 amide bonds. The second-order valence-electron chi connectivity index (χ2n) is 4.41. The third-order valence-electron chi connectivity index (χ3n) is 3.01. The van der Waals surface area contributed by atoms with E-state index in [1.807, 2.05) is 19.1 Å². The Morgan fingerprint density at radius 1 is 1.53 bits per heavy atom. The van der Waals surface area contributed by atoms with Crippen molar-refractivity contribution in [2.45, 2.75) is 13.0 Å². The number of nitrogens with zero attached hydrogens (tertiary/aromatic N) is 3. The lowest BCUT2D eigenvalue weighted by molar-refractivity contribution is 0.0179. The van der Waals surface area contributed by atoms with E-state index in [1.165, 1.54) is 11.3 Å². The highest BCUT2D eigenvalue weighted by atomic mass is 32.1. The van der Waals surface area contributed by atoms with Gasteiger partial charge in [0, 0.05) is 6.20 Å². The highest BCUT2D eigenvalue weighted by molar-refractivity contribution is 7.11. The normalized spacial score (nSPS) is 15.1. The smallest absolute Gasteiger partial charge is 0.266 e. The van der Waals surface area contributed by atoms with Gasteiger partial charge in [-0.3, -0.25) is 9.78 Å². The molecule has 0 aromatic carbocycles. The van der Waals surface area contributed by atoms with E-state index in [4.69, 9.17) is 4.74 Å². The van der Waals surface area contributed by atoms with Crippen LogP contribution in [0.3, 0.4) is 0 Å². The lowest BCUT2D eigenvalue weighted by Crippen LogP contribution is -2.56. The van der Waals surface area contributed by atoms with Gasteiger partial charge in [0.15, 0.2) is 0 Å². The Hall–Kier alpha value is -1.95. The highest BCUT2D eigenvalue weighted by Crippen LogP contribution is 2.21. The summed E-state index contributed by atoms with van der Waals surface area (Å²) in [5.74, 6) is 0.791. The fraction of sp³-hybridized carbons (Fsp3) is 0.308. The summed E-state index contributed by atoms with van der Waals surface area (Å²) < 4.78 is 5.71. The van der Waals surface area contributed by atoms with Gasteiger partial charge < -0.3 is 9.64 Å². The summed E-state index contributed by atoms with van der Waals surface area (Å²) >= 11 is 1.39. The third kappa shape index (κ3) is 2.44. The second kappa shape index (κ2) is 4.97. The van der Waals surface area contributed by atoms with E-state index < -0.39 is 0 Å². The summed E-state index contributed by atoms with van der Waals surface area (Å²) in [4.78, 5) is 22.7. The van der Waals surface area contributed by atoms with Crippen LogP contribution in [-0.4, -0.2) is 40.0 Å². The molecule has 19 heavy (non-hydrogen) atoms. The van der Waals surface area contributed by atoms with Crippen molar-refractivity contribution in [3.05, 3.63) is 40.6 Å². The Kier molecular flexibility index (Phi) is 3.16. The number of aryl methyl sites for hydroxylation is 1. The van der Waals surface area contributed by atoms with Crippen LogP contribution in [0.15, 0.2) is 30.0 Å². The van der Waals surface area contributed by atoms with Gasteiger partial charge in [-0.25, -0.2) is 4.98 Å². The molecule has 1 saturated heterocycles. The maximum absolute atomic E-state index is 12.1. The van der Waals surface area contributed by atoms with Gasteiger partial charge in [0.25, 0.3) is 5.91 Å². The molecule has 0 aliphatic carbocycles. The van der Waals surface area contributed by atoms with Crippen LogP contribution in [0.1, 0.15) is 15.4 Å². The molecular weight excluding hydrogens is 262 g/mol. The number of carbonyl (C=O) groups is 1. The minimum atomic E-state index is 0.0473. The average Bonchev–Trinajstić information content (AvgIpc) is 2.80. The van der Waals surface area contributed by atoms with Gasteiger partial charge in [-0.2, -0.15) is 0 Å². The molecular formula is C13H13N3O2S. The Labute approximate surface area is 114 Å². The first kappa shape index (κ1) is 12.1. The maximum atomic E-state index is 12.1. The number of thiazole rings is 1. The monoisotopic (exact) mass is 275 g/mol. The van der Waals surface area contributed by atoms with Gasteiger partial charge in [-0.05, 0) is 19.1 Å². The van der Waals surface area contributed by atoms with Gasteiger partial charge in [0.2, 0.25) is 0 Å². The molecule has 2 aromatic heterocycles. The van der Waals surface area contributed by atoms with E-state index in [1.54, 1.807) is 22.8 Å². The molecule has 1 aliphatic heterocycles. The van der Waals surface area contributed by atoms with Gasteiger partial charge in [0.05, 0.1) is 30.5 Å². The van der Waals surface area contributed by atoms with Crippen molar-refractivity contribution < 1.29 is 9.53 Å². The number of likely N-dealkylation sites (tertiary alicyclic amines) is 1. The summed E-state index contributed by atoms with van der Waals surface area (Å²) in [6.45, 7) is 3.09. The minimum absolute atomic E-state index is 0.0473. The summed E-state index contributed by atoms with van der Waals surface area (Å²) in [6, 6.07) is 3.70. The molecule has 3 rings (SSSR count). The largest absolute Gasteiger partial charge is 0.485 e.